The highest BCUT2D eigenvalue weighted by Gasteiger charge is 2.21. The molecule has 3 rings (SSSR count). The third kappa shape index (κ3) is 4.54. The summed E-state index contributed by atoms with van der Waals surface area (Å²) in [5, 5.41) is 14.3. The fourth-order valence-corrected chi connectivity index (χ4v) is 3.53. The summed E-state index contributed by atoms with van der Waals surface area (Å²) in [6, 6.07) is 14.9. The van der Waals surface area contributed by atoms with Crippen molar-refractivity contribution in [2.45, 2.75) is 13.8 Å². The van der Waals surface area contributed by atoms with E-state index in [0.717, 1.165) is 16.7 Å². The van der Waals surface area contributed by atoms with E-state index in [1.54, 1.807) is 17.5 Å². The van der Waals surface area contributed by atoms with Crippen LogP contribution in [0.5, 0.6) is 5.75 Å². The first-order chi connectivity index (χ1) is 12.9. The van der Waals surface area contributed by atoms with E-state index in [2.05, 4.69) is 5.32 Å². The van der Waals surface area contributed by atoms with Crippen LogP contribution in [-0.2, 0) is 4.79 Å². The molecule has 0 bridgehead atoms. The minimum Gasteiger partial charge on any atom is -0.484 e. The predicted octanol–water partition coefficient (Wildman–Crippen LogP) is 4.75. The van der Waals surface area contributed by atoms with Gasteiger partial charge < -0.3 is 15.2 Å². The second-order valence-corrected chi connectivity index (χ2v) is 7.05. The van der Waals surface area contributed by atoms with Crippen LogP contribution in [0.2, 0.25) is 0 Å². The number of benzene rings is 2. The van der Waals surface area contributed by atoms with Crippen molar-refractivity contribution in [3.05, 3.63) is 70.6 Å². The molecule has 0 spiro atoms. The first-order valence-corrected chi connectivity index (χ1v) is 9.23. The number of ether oxygens (including phenoxy) is 1. The number of nitrogens with one attached hydrogen (secondary N) is 1. The van der Waals surface area contributed by atoms with Crippen molar-refractivity contribution in [1.82, 2.24) is 0 Å². The zero-order chi connectivity index (χ0) is 19.4. The van der Waals surface area contributed by atoms with Crippen molar-refractivity contribution in [2.75, 3.05) is 11.9 Å². The molecule has 1 heterocycles. The molecule has 0 aliphatic carbocycles. The van der Waals surface area contributed by atoms with Gasteiger partial charge in [-0.15, -0.1) is 11.3 Å². The molecule has 0 unspecified atom stereocenters. The summed E-state index contributed by atoms with van der Waals surface area (Å²) in [6.07, 6.45) is 0. The summed E-state index contributed by atoms with van der Waals surface area (Å²) in [5.41, 5.74) is 3.66. The Hall–Kier alpha value is -3.12. The Morgan fingerprint density at radius 2 is 1.59 bits per heavy atom. The number of amides is 1. The van der Waals surface area contributed by atoms with E-state index in [4.69, 9.17) is 4.74 Å². The van der Waals surface area contributed by atoms with Gasteiger partial charge in [-0.1, -0.05) is 47.5 Å². The number of aryl methyl sites for hydroxylation is 2. The normalized spacial score (nSPS) is 10.4. The van der Waals surface area contributed by atoms with Gasteiger partial charge >= 0.3 is 5.97 Å². The largest absolute Gasteiger partial charge is 0.484 e. The molecule has 0 aliphatic rings. The number of carbonyl (C=O) groups is 2. The van der Waals surface area contributed by atoms with Crippen LogP contribution in [0.1, 0.15) is 21.5 Å². The minimum absolute atomic E-state index is 0.0903. The smallest absolute Gasteiger partial charge is 0.339 e. The van der Waals surface area contributed by atoms with Gasteiger partial charge in [-0.3, -0.25) is 4.79 Å². The zero-order valence-electron chi connectivity index (χ0n) is 15.0. The van der Waals surface area contributed by atoms with Crippen LogP contribution in [0.4, 0.5) is 5.00 Å². The quantitative estimate of drug-likeness (QED) is 0.646. The Labute approximate surface area is 161 Å². The Balaban J connectivity index is 1.74. The van der Waals surface area contributed by atoms with E-state index in [1.165, 1.54) is 11.3 Å². The van der Waals surface area contributed by atoms with E-state index in [-0.39, 0.29) is 12.2 Å². The summed E-state index contributed by atoms with van der Waals surface area (Å²) < 4.78 is 5.45. The zero-order valence-corrected chi connectivity index (χ0v) is 15.8. The number of aromatic carboxylic acids is 1. The van der Waals surface area contributed by atoms with Crippen LogP contribution in [-0.4, -0.2) is 23.6 Å². The van der Waals surface area contributed by atoms with Gasteiger partial charge in [-0.25, -0.2) is 4.79 Å². The fraction of sp³-hybridized carbons (Fsp3) is 0.143. The Morgan fingerprint density at radius 1 is 1.00 bits per heavy atom. The van der Waals surface area contributed by atoms with Crippen molar-refractivity contribution in [3.8, 4) is 16.9 Å². The van der Waals surface area contributed by atoms with Gasteiger partial charge in [-0.2, -0.15) is 0 Å². The highest BCUT2D eigenvalue weighted by Crippen LogP contribution is 2.35. The van der Waals surface area contributed by atoms with E-state index in [9.17, 15) is 14.7 Å². The lowest BCUT2D eigenvalue weighted by molar-refractivity contribution is -0.118. The number of hydrogen-bond acceptors (Lipinski definition) is 4. The van der Waals surface area contributed by atoms with E-state index < -0.39 is 11.9 Å². The maximum Gasteiger partial charge on any atom is 0.339 e. The first kappa shape index (κ1) is 18.7. The number of thiophene rings is 1. The Kier molecular flexibility index (Phi) is 5.57. The average Bonchev–Trinajstić information content (AvgIpc) is 3.05. The molecule has 0 radical (unpaired) electrons. The van der Waals surface area contributed by atoms with Crippen molar-refractivity contribution >= 4 is 28.2 Å². The van der Waals surface area contributed by atoms with E-state index >= 15 is 0 Å². The molecule has 0 atom stereocenters. The highest BCUT2D eigenvalue weighted by molar-refractivity contribution is 7.15. The SMILES string of the molecule is Cc1ccc(OCC(=O)Nc2scc(-c3ccc(C)cc3)c2C(=O)O)cc1. The Morgan fingerprint density at radius 3 is 2.19 bits per heavy atom. The molecule has 5 nitrogen and oxygen atoms in total. The molecule has 2 N–H and O–H groups in total. The maximum atomic E-state index is 12.2. The molecule has 6 heteroatoms. The maximum absolute atomic E-state index is 12.2. The van der Waals surface area contributed by atoms with Gasteiger partial charge in [0.25, 0.3) is 5.91 Å². The van der Waals surface area contributed by atoms with E-state index in [0.29, 0.717) is 16.3 Å². The van der Waals surface area contributed by atoms with Gasteiger partial charge in [0.2, 0.25) is 0 Å². The van der Waals surface area contributed by atoms with Crippen LogP contribution < -0.4 is 10.1 Å². The van der Waals surface area contributed by atoms with Gasteiger partial charge in [0.1, 0.15) is 16.3 Å². The highest BCUT2D eigenvalue weighted by atomic mass is 32.1. The third-order valence-electron chi connectivity index (χ3n) is 4.01. The topological polar surface area (TPSA) is 75.6 Å². The minimum atomic E-state index is -1.08. The number of anilines is 1. The molecule has 0 fully saturated rings. The lowest BCUT2D eigenvalue weighted by atomic mass is 10.0. The van der Waals surface area contributed by atoms with Crippen molar-refractivity contribution in [1.29, 1.82) is 0 Å². The first-order valence-electron chi connectivity index (χ1n) is 8.35. The monoisotopic (exact) mass is 381 g/mol. The van der Waals surface area contributed by atoms with Gasteiger partial charge in [0.05, 0.1) is 0 Å². The second-order valence-electron chi connectivity index (χ2n) is 6.17. The van der Waals surface area contributed by atoms with Crippen LogP contribution in [0.15, 0.2) is 53.9 Å². The molecule has 2 aromatic carbocycles. The average molecular weight is 381 g/mol. The standard InChI is InChI=1S/C21H19NO4S/c1-13-3-7-15(8-4-13)17-12-27-20(19(17)21(24)25)22-18(23)11-26-16-9-5-14(2)6-10-16/h3-10,12H,11H2,1-2H3,(H,22,23)(H,24,25). The van der Waals surface area contributed by atoms with Crippen molar-refractivity contribution < 1.29 is 19.4 Å². The van der Waals surface area contributed by atoms with Crippen LogP contribution in [0.25, 0.3) is 11.1 Å². The van der Waals surface area contributed by atoms with Gasteiger partial charge in [0, 0.05) is 10.9 Å². The number of carboxylic acids is 1. The van der Waals surface area contributed by atoms with Crippen molar-refractivity contribution in [3.63, 3.8) is 0 Å². The van der Waals surface area contributed by atoms with Crippen LogP contribution in [0, 0.1) is 13.8 Å². The lowest BCUT2D eigenvalue weighted by Crippen LogP contribution is -2.20. The summed E-state index contributed by atoms with van der Waals surface area (Å²) in [7, 11) is 0. The lowest BCUT2D eigenvalue weighted by Gasteiger charge is -2.08. The van der Waals surface area contributed by atoms with Crippen LogP contribution >= 0.6 is 11.3 Å². The Bertz CT molecular complexity index is 959. The number of carbonyl (C=O) groups excluding carboxylic acids is 1. The summed E-state index contributed by atoms with van der Waals surface area (Å²) in [6.45, 7) is 3.74. The molecule has 1 amide bonds. The van der Waals surface area contributed by atoms with Gasteiger partial charge in [0.15, 0.2) is 6.61 Å². The summed E-state index contributed by atoms with van der Waals surface area (Å²) in [4.78, 5) is 24.0. The molecule has 0 saturated heterocycles. The fourth-order valence-electron chi connectivity index (χ4n) is 2.55. The molecule has 138 valence electrons. The molecule has 27 heavy (non-hydrogen) atoms. The summed E-state index contributed by atoms with van der Waals surface area (Å²) in [5.74, 6) is -0.905. The van der Waals surface area contributed by atoms with E-state index in [1.807, 2.05) is 50.2 Å². The second kappa shape index (κ2) is 8.05. The number of carboxylic acid groups (broad SMARTS) is 1. The molecular weight excluding hydrogens is 362 g/mol. The number of hydrogen-bond donors (Lipinski definition) is 2. The molecule has 0 aliphatic heterocycles. The van der Waals surface area contributed by atoms with Gasteiger partial charge in [-0.05, 0) is 31.5 Å². The predicted molar refractivity (Wildman–Crippen MR) is 107 cm³/mol. The van der Waals surface area contributed by atoms with Crippen molar-refractivity contribution in [2.24, 2.45) is 0 Å². The molecule has 3 aromatic rings. The molecule has 0 saturated carbocycles. The number of rotatable bonds is 6. The molecular formula is C21H19NO4S. The molecule has 1 aromatic heterocycles. The third-order valence-corrected chi connectivity index (χ3v) is 4.91. The van der Waals surface area contributed by atoms with Crippen LogP contribution in [0.3, 0.4) is 0 Å². The summed E-state index contributed by atoms with van der Waals surface area (Å²) >= 11 is 1.19.